The molecule has 0 fully saturated rings. The number of carbonyl (C=O) groups is 2. The highest BCUT2D eigenvalue weighted by molar-refractivity contribution is 7.13. The van der Waals surface area contributed by atoms with Gasteiger partial charge in [0.15, 0.2) is 5.01 Å². The fraction of sp³-hybridized carbons (Fsp3) is 0.100. The lowest BCUT2D eigenvalue weighted by Gasteiger charge is -2.04. The van der Waals surface area contributed by atoms with Crippen LogP contribution in [0, 0.1) is 0 Å². The summed E-state index contributed by atoms with van der Waals surface area (Å²) in [5, 5.41) is 12.2. The normalized spacial score (nSPS) is 10.7. The predicted molar refractivity (Wildman–Crippen MR) is 111 cm³/mol. The Kier molecular flexibility index (Phi) is 5.64. The zero-order valence-corrected chi connectivity index (χ0v) is 17.1. The van der Waals surface area contributed by atoms with Gasteiger partial charge in [0.05, 0.1) is 7.11 Å². The summed E-state index contributed by atoms with van der Waals surface area (Å²) in [5.74, 6) is -0.332. The first-order valence-corrected chi connectivity index (χ1v) is 9.85. The van der Waals surface area contributed by atoms with Gasteiger partial charge >= 0.3 is 5.97 Å². The molecule has 0 spiro atoms. The van der Waals surface area contributed by atoms with Crippen molar-refractivity contribution in [2.24, 2.45) is 0 Å². The van der Waals surface area contributed by atoms with E-state index in [0.29, 0.717) is 32.4 Å². The molecule has 0 atom stereocenters. The van der Waals surface area contributed by atoms with Crippen LogP contribution in [0.25, 0.3) is 11.0 Å². The number of ether oxygens (including phenoxy) is 2. The van der Waals surface area contributed by atoms with E-state index in [2.05, 4.69) is 15.5 Å². The topological polar surface area (TPSA) is 104 Å². The quantitative estimate of drug-likeness (QED) is 0.436. The maximum absolute atomic E-state index is 12.3. The van der Waals surface area contributed by atoms with E-state index in [1.54, 1.807) is 55.6 Å². The molecular formula is C20H14ClN3O5S. The Morgan fingerprint density at radius 3 is 2.70 bits per heavy atom. The van der Waals surface area contributed by atoms with Crippen molar-refractivity contribution < 1.29 is 23.5 Å². The first-order chi connectivity index (χ1) is 14.5. The van der Waals surface area contributed by atoms with Crippen molar-refractivity contribution in [2.75, 3.05) is 12.4 Å². The van der Waals surface area contributed by atoms with Gasteiger partial charge in [-0.2, -0.15) is 0 Å². The number of aromatic nitrogens is 2. The minimum atomic E-state index is -0.651. The van der Waals surface area contributed by atoms with Gasteiger partial charge in [-0.05, 0) is 48.5 Å². The number of carbonyl (C=O) groups excluding carboxylic acids is 2. The molecule has 152 valence electrons. The molecule has 0 aliphatic rings. The largest absolute Gasteiger partial charge is 0.497 e. The van der Waals surface area contributed by atoms with Gasteiger partial charge < -0.3 is 19.2 Å². The zero-order valence-electron chi connectivity index (χ0n) is 15.5. The summed E-state index contributed by atoms with van der Waals surface area (Å²) in [6, 6.07) is 13.5. The van der Waals surface area contributed by atoms with E-state index in [4.69, 9.17) is 25.5 Å². The van der Waals surface area contributed by atoms with E-state index in [0.717, 1.165) is 11.3 Å². The minimum absolute atomic E-state index is 0.0502. The number of esters is 1. The summed E-state index contributed by atoms with van der Waals surface area (Å²) in [7, 11) is 1.56. The third-order valence-corrected chi connectivity index (χ3v) is 5.15. The number of hydrogen-bond donors (Lipinski definition) is 1. The Morgan fingerprint density at radius 2 is 1.93 bits per heavy atom. The standard InChI is InChI=1S/C20H14ClN3O5S/c1-27-14-5-3-13(4-6-14)22-18(25)19-24-23-17(30-19)10-28-20(26)16-9-11-8-12(21)2-7-15(11)29-16/h2-9H,10H2,1H3,(H,22,25). The molecule has 10 heteroatoms. The number of nitrogens with one attached hydrogen (secondary N) is 1. The molecule has 0 unspecified atom stereocenters. The molecular weight excluding hydrogens is 430 g/mol. The van der Waals surface area contributed by atoms with Crippen LogP contribution in [-0.4, -0.2) is 29.2 Å². The van der Waals surface area contributed by atoms with Crippen LogP contribution in [0.1, 0.15) is 25.4 Å². The summed E-state index contributed by atoms with van der Waals surface area (Å²) in [4.78, 5) is 24.5. The molecule has 2 aromatic carbocycles. The van der Waals surface area contributed by atoms with Gasteiger partial charge in [-0.3, -0.25) is 4.79 Å². The number of fused-ring (bicyclic) bond motifs is 1. The molecule has 0 bridgehead atoms. The van der Waals surface area contributed by atoms with E-state index in [1.165, 1.54) is 0 Å². The smallest absolute Gasteiger partial charge is 0.374 e. The predicted octanol–water partition coefficient (Wildman–Crippen LogP) is 4.56. The highest BCUT2D eigenvalue weighted by Gasteiger charge is 2.17. The number of anilines is 1. The lowest BCUT2D eigenvalue weighted by atomic mass is 10.2. The molecule has 0 aliphatic carbocycles. The molecule has 0 aliphatic heterocycles. The molecule has 0 saturated heterocycles. The van der Waals surface area contributed by atoms with Gasteiger partial charge in [0, 0.05) is 16.1 Å². The van der Waals surface area contributed by atoms with Gasteiger partial charge in [0.2, 0.25) is 10.8 Å². The lowest BCUT2D eigenvalue weighted by Crippen LogP contribution is -2.11. The van der Waals surface area contributed by atoms with Crippen molar-refractivity contribution in [1.82, 2.24) is 10.2 Å². The Labute approximate surface area is 179 Å². The second-order valence-electron chi connectivity index (χ2n) is 6.05. The van der Waals surface area contributed by atoms with Crippen molar-refractivity contribution in [3.8, 4) is 5.75 Å². The fourth-order valence-corrected chi connectivity index (χ4v) is 3.40. The maximum atomic E-state index is 12.3. The third-order valence-electron chi connectivity index (χ3n) is 4.02. The average molecular weight is 444 g/mol. The van der Waals surface area contributed by atoms with Gasteiger partial charge in [0.1, 0.15) is 17.9 Å². The fourth-order valence-electron chi connectivity index (χ4n) is 2.58. The van der Waals surface area contributed by atoms with Gasteiger partial charge in [-0.15, -0.1) is 10.2 Å². The average Bonchev–Trinajstić information content (AvgIpc) is 3.39. The number of hydrogen-bond acceptors (Lipinski definition) is 8. The Balaban J connectivity index is 1.36. The maximum Gasteiger partial charge on any atom is 0.374 e. The van der Waals surface area contributed by atoms with Crippen molar-refractivity contribution in [3.63, 3.8) is 0 Å². The zero-order chi connectivity index (χ0) is 21.1. The van der Waals surface area contributed by atoms with Crippen molar-refractivity contribution in [3.05, 3.63) is 69.3 Å². The van der Waals surface area contributed by atoms with Crippen LogP contribution in [0.5, 0.6) is 5.75 Å². The van der Waals surface area contributed by atoms with E-state index in [9.17, 15) is 9.59 Å². The van der Waals surface area contributed by atoms with Crippen molar-refractivity contribution >= 4 is 51.5 Å². The molecule has 30 heavy (non-hydrogen) atoms. The van der Waals surface area contributed by atoms with E-state index in [1.807, 2.05) is 0 Å². The summed E-state index contributed by atoms with van der Waals surface area (Å²) in [5.41, 5.74) is 1.12. The first-order valence-electron chi connectivity index (χ1n) is 8.66. The van der Waals surface area contributed by atoms with Gasteiger partial charge in [-0.1, -0.05) is 22.9 Å². The van der Waals surface area contributed by atoms with Crippen LogP contribution in [0.15, 0.2) is 52.9 Å². The molecule has 4 aromatic rings. The van der Waals surface area contributed by atoms with Crippen molar-refractivity contribution in [1.29, 1.82) is 0 Å². The number of halogens is 1. The Bertz CT molecular complexity index is 1220. The van der Waals surface area contributed by atoms with Crippen LogP contribution in [0.4, 0.5) is 5.69 Å². The summed E-state index contributed by atoms with van der Waals surface area (Å²) >= 11 is 6.96. The Morgan fingerprint density at radius 1 is 1.13 bits per heavy atom. The lowest BCUT2D eigenvalue weighted by molar-refractivity contribution is 0.0437. The Hall–Kier alpha value is -3.43. The molecule has 0 saturated carbocycles. The second-order valence-corrected chi connectivity index (χ2v) is 7.55. The van der Waals surface area contributed by atoms with Gasteiger partial charge in [-0.25, -0.2) is 4.79 Å². The minimum Gasteiger partial charge on any atom is -0.497 e. The highest BCUT2D eigenvalue weighted by atomic mass is 35.5. The molecule has 2 aromatic heterocycles. The van der Waals surface area contributed by atoms with Crippen LogP contribution in [0.2, 0.25) is 5.02 Å². The SMILES string of the molecule is COc1ccc(NC(=O)c2nnc(COC(=O)c3cc4cc(Cl)ccc4o3)s2)cc1. The van der Waals surface area contributed by atoms with Crippen LogP contribution in [-0.2, 0) is 11.3 Å². The molecule has 0 radical (unpaired) electrons. The third kappa shape index (κ3) is 4.42. The van der Waals surface area contributed by atoms with E-state index >= 15 is 0 Å². The molecule has 4 rings (SSSR count). The number of amides is 1. The first kappa shape index (κ1) is 19.9. The number of benzene rings is 2. The summed E-state index contributed by atoms with van der Waals surface area (Å²) in [6.07, 6.45) is 0. The van der Waals surface area contributed by atoms with Crippen LogP contribution in [0.3, 0.4) is 0 Å². The van der Waals surface area contributed by atoms with E-state index in [-0.39, 0.29) is 17.4 Å². The molecule has 8 nitrogen and oxygen atoms in total. The van der Waals surface area contributed by atoms with Crippen LogP contribution >= 0.6 is 22.9 Å². The van der Waals surface area contributed by atoms with E-state index < -0.39 is 11.9 Å². The summed E-state index contributed by atoms with van der Waals surface area (Å²) in [6.45, 7) is -0.135. The number of methoxy groups -OCH3 is 1. The molecule has 2 heterocycles. The monoisotopic (exact) mass is 443 g/mol. The van der Waals surface area contributed by atoms with Gasteiger partial charge in [0.25, 0.3) is 5.91 Å². The number of nitrogens with zero attached hydrogens (tertiary/aromatic N) is 2. The molecule has 1 amide bonds. The number of furan rings is 1. The summed E-state index contributed by atoms with van der Waals surface area (Å²) < 4.78 is 15.7. The van der Waals surface area contributed by atoms with Crippen LogP contribution < -0.4 is 10.1 Å². The second kappa shape index (κ2) is 8.52. The van der Waals surface area contributed by atoms with Crippen molar-refractivity contribution in [2.45, 2.75) is 6.61 Å². The molecule has 1 N–H and O–H groups in total. The number of rotatable bonds is 6. The highest BCUT2D eigenvalue weighted by Crippen LogP contribution is 2.24.